The first-order chi connectivity index (χ1) is 8.02. The number of aromatic nitrogens is 3. The second-order valence-electron chi connectivity index (χ2n) is 4.52. The summed E-state index contributed by atoms with van der Waals surface area (Å²) in [7, 11) is 0. The molecule has 0 atom stereocenters. The Kier molecular flexibility index (Phi) is 3.15. The largest absolute Gasteiger partial charge is 0.330 e. The van der Waals surface area contributed by atoms with E-state index in [0.29, 0.717) is 22.3 Å². The van der Waals surface area contributed by atoms with Crippen molar-refractivity contribution in [2.45, 2.75) is 27.2 Å². The van der Waals surface area contributed by atoms with Crippen LogP contribution in [0, 0.1) is 12.8 Å². The number of rotatable bonds is 3. The van der Waals surface area contributed by atoms with Crippen LogP contribution in [-0.2, 0) is 6.42 Å². The summed E-state index contributed by atoms with van der Waals surface area (Å²) in [6, 6.07) is 0. The van der Waals surface area contributed by atoms with Gasteiger partial charge < -0.3 is 4.98 Å². The van der Waals surface area contributed by atoms with Gasteiger partial charge in [0.25, 0.3) is 0 Å². The molecule has 0 aliphatic rings. The van der Waals surface area contributed by atoms with Gasteiger partial charge in [-0.25, -0.2) is 9.97 Å². The molecule has 2 heterocycles. The molecule has 1 N–H and O–H groups in total. The van der Waals surface area contributed by atoms with Gasteiger partial charge in [0.15, 0.2) is 6.29 Å². The quantitative estimate of drug-likeness (QED) is 0.854. The van der Waals surface area contributed by atoms with Gasteiger partial charge in [0, 0.05) is 6.42 Å². The van der Waals surface area contributed by atoms with Crippen LogP contribution in [0.1, 0.15) is 35.7 Å². The van der Waals surface area contributed by atoms with Gasteiger partial charge in [0.05, 0.1) is 16.6 Å². The minimum absolute atomic E-state index is 0.328. The smallest absolute Gasteiger partial charge is 0.153 e. The van der Waals surface area contributed by atoms with Crippen molar-refractivity contribution in [1.82, 2.24) is 15.0 Å². The highest BCUT2D eigenvalue weighted by molar-refractivity contribution is 6.33. The van der Waals surface area contributed by atoms with Gasteiger partial charge in [0.1, 0.15) is 16.6 Å². The predicted molar refractivity (Wildman–Crippen MR) is 67.6 cm³/mol. The summed E-state index contributed by atoms with van der Waals surface area (Å²) in [6.45, 7) is 6.09. The molecule has 0 saturated heterocycles. The minimum atomic E-state index is 0.328. The topological polar surface area (TPSA) is 58.6 Å². The highest BCUT2D eigenvalue weighted by atomic mass is 35.5. The van der Waals surface area contributed by atoms with Gasteiger partial charge in [-0.05, 0) is 12.8 Å². The molecule has 0 radical (unpaired) electrons. The van der Waals surface area contributed by atoms with E-state index in [4.69, 9.17) is 11.6 Å². The zero-order valence-electron chi connectivity index (χ0n) is 10.0. The summed E-state index contributed by atoms with van der Waals surface area (Å²) in [5.41, 5.74) is 1.87. The molecule has 0 fully saturated rings. The van der Waals surface area contributed by atoms with Crippen molar-refractivity contribution in [3.05, 3.63) is 22.2 Å². The van der Waals surface area contributed by atoms with Gasteiger partial charge in [-0.15, -0.1) is 0 Å². The molecule has 0 saturated carbocycles. The van der Waals surface area contributed by atoms with Crippen molar-refractivity contribution in [2.24, 2.45) is 5.92 Å². The Bertz CT molecular complexity index is 575. The van der Waals surface area contributed by atoms with Gasteiger partial charge >= 0.3 is 0 Å². The molecule has 0 amide bonds. The molecule has 0 aliphatic carbocycles. The molecule has 2 aromatic rings. The predicted octanol–water partition coefficient (Wildman–Crippen LogP) is 2.93. The SMILES string of the molecule is Cc1nc(CC(C)C)nc2[nH]c(Cl)c(C=O)c12. The van der Waals surface area contributed by atoms with Crippen molar-refractivity contribution in [3.8, 4) is 0 Å². The van der Waals surface area contributed by atoms with E-state index < -0.39 is 0 Å². The van der Waals surface area contributed by atoms with Crippen molar-refractivity contribution in [1.29, 1.82) is 0 Å². The van der Waals surface area contributed by atoms with Gasteiger partial charge in [0.2, 0.25) is 0 Å². The van der Waals surface area contributed by atoms with Crippen molar-refractivity contribution < 1.29 is 4.79 Å². The lowest BCUT2D eigenvalue weighted by atomic mass is 10.1. The third-order valence-corrected chi connectivity index (χ3v) is 2.88. The first-order valence-electron chi connectivity index (χ1n) is 5.52. The van der Waals surface area contributed by atoms with Crippen LogP contribution in [0.5, 0.6) is 0 Å². The van der Waals surface area contributed by atoms with E-state index in [9.17, 15) is 4.79 Å². The molecular weight excluding hydrogens is 238 g/mol. The third kappa shape index (κ3) is 2.17. The van der Waals surface area contributed by atoms with E-state index in [-0.39, 0.29) is 0 Å². The summed E-state index contributed by atoms with van der Waals surface area (Å²) in [5, 5.41) is 1.05. The minimum Gasteiger partial charge on any atom is -0.330 e. The number of carbonyl (C=O) groups excluding carboxylic acids is 1. The van der Waals surface area contributed by atoms with Crippen molar-refractivity contribution >= 4 is 28.9 Å². The van der Waals surface area contributed by atoms with Crippen LogP contribution in [0.25, 0.3) is 11.0 Å². The lowest BCUT2D eigenvalue weighted by molar-refractivity contribution is 0.112. The monoisotopic (exact) mass is 251 g/mol. The summed E-state index contributed by atoms with van der Waals surface area (Å²) < 4.78 is 0. The molecule has 0 aromatic carbocycles. The summed E-state index contributed by atoms with van der Waals surface area (Å²) in [6.07, 6.45) is 1.55. The fourth-order valence-corrected chi connectivity index (χ4v) is 2.12. The lowest BCUT2D eigenvalue weighted by Gasteiger charge is -2.05. The van der Waals surface area contributed by atoms with Crippen LogP contribution in [0.4, 0.5) is 0 Å². The van der Waals surface area contributed by atoms with E-state index in [1.54, 1.807) is 0 Å². The molecule has 90 valence electrons. The van der Waals surface area contributed by atoms with Gasteiger partial charge in [-0.2, -0.15) is 0 Å². The number of hydrogen-bond acceptors (Lipinski definition) is 3. The van der Waals surface area contributed by atoms with Crippen LogP contribution in [0.15, 0.2) is 0 Å². The summed E-state index contributed by atoms with van der Waals surface area (Å²) in [5.74, 6) is 1.27. The van der Waals surface area contributed by atoms with Gasteiger partial charge in [-0.1, -0.05) is 25.4 Å². The van der Waals surface area contributed by atoms with E-state index in [2.05, 4.69) is 28.8 Å². The number of aryl methyl sites for hydroxylation is 1. The highest BCUT2D eigenvalue weighted by Gasteiger charge is 2.15. The number of nitrogens with one attached hydrogen (secondary N) is 1. The van der Waals surface area contributed by atoms with Gasteiger partial charge in [-0.3, -0.25) is 4.79 Å². The van der Waals surface area contributed by atoms with Crippen LogP contribution in [-0.4, -0.2) is 21.2 Å². The zero-order chi connectivity index (χ0) is 12.6. The zero-order valence-corrected chi connectivity index (χ0v) is 10.8. The summed E-state index contributed by atoms with van der Waals surface area (Å²) >= 11 is 5.94. The number of H-pyrrole nitrogens is 1. The number of nitrogens with zero attached hydrogens (tertiary/aromatic N) is 2. The Morgan fingerprint density at radius 2 is 2.12 bits per heavy atom. The second-order valence-corrected chi connectivity index (χ2v) is 4.90. The number of halogens is 1. The van der Waals surface area contributed by atoms with Crippen LogP contribution < -0.4 is 0 Å². The molecular formula is C12H14ClN3O. The van der Waals surface area contributed by atoms with E-state index in [1.165, 1.54) is 0 Å². The van der Waals surface area contributed by atoms with E-state index in [0.717, 1.165) is 29.6 Å². The molecule has 0 aliphatic heterocycles. The van der Waals surface area contributed by atoms with Crippen molar-refractivity contribution in [3.63, 3.8) is 0 Å². The van der Waals surface area contributed by atoms with Crippen molar-refractivity contribution in [2.75, 3.05) is 0 Å². The Hall–Kier alpha value is -1.42. The maximum absolute atomic E-state index is 11.0. The fourth-order valence-electron chi connectivity index (χ4n) is 1.89. The summed E-state index contributed by atoms with van der Waals surface area (Å²) in [4.78, 5) is 22.7. The molecule has 2 rings (SSSR count). The average molecular weight is 252 g/mol. The Labute approximate surface area is 104 Å². The first kappa shape index (κ1) is 12.0. The lowest BCUT2D eigenvalue weighted by Crippen LogP contribution is -2.02. The maximum atomic E-state index is 11.0. The maximum Gasteiger partial charge on any atom is 0.153 e. The Morgan fingerprint density at radius 3 is 2.71 bits per heavy atom. The average Bonchev–Trinajstić information content (AvgIpc) is 2.52. The molecule has 2 aromatic heterocycles. The number of aldehydes is 1. The molecule has 0 spiro atoms. The van der Waals surface area contributed by atoms with E-state index in [1.807, 2.05) is 6.92 Å². The van der Waals surface area contributed by atoms with Crippen LogP contribution >= 0.6 is 11.6 Å². The highest BCUT2D eigenvalue weighted by Crippen LogP contribution is 2.25. The third-order valence-electron chi connectivity index (χ3n) is 2.58. The normalized spacial score (nSPS) is 11.4. The Morgan fingerprint density at radius 1 is 1.41 bits per heavy atom. The second kappa shape index (κ2) is 4.45. The van der Waals surface area contributed by atoms with Crippen LogP contribution in [0.3, 0.4) is 0 Å². The standard InChI is InChI=1S/C12H14ClN3O/c1-6(2)4-9-14-7(3)10-8(5-17)11(13)16-12(10)15-9/h5-6H,4H2,1-3H3,(H,14,15,16). The molecule has 17 heavy (non-hydrogen) atoms. The molecule has 0 bridgehead atoms. The molecule has 0 unspecified atom stereocenters. The number of aromatic amines is 1. The number of carbonyl (C=O) groups is 1. The van der Waals surface area contributed by atoms with Crippen LogP contribution in [0.2, 0.25) is 5.15 Å². The Balaban J connectivity index is 2.63. The fraction of sp³-hybridized carbons (Fsp3) is 0.417. The number of hydrogen-bond donors (Lipinski definition) is 1. The number of fused-ring (bicyclic) bond motifs is 1. The van der Waals surface area contributed by atoms with E-state index >= 15 is 0 Å². The molecule has 4 nitrogen and oxygen atoms in total. The first-order valence-corrected chi connectivity index (χ1v) is 5.90. The molecule has 5 heteroatoms.